The smallest absolute Gasteiger partial charge is 0.271 e. The molecule has 0 spiro atoms. The van der Waals surface area contributed by atoms with Crippen molar-refractivity contribution >= 4 is 33.2 Å². The van der Waals surface area contributed by atoms with Crippen molar-refractivity contribution in [1.82, 2.24) is 9.55 Å². The van der Waals surface area contributed by atoms with E-state index in [1.54, 1.807) is 18.0 Å². The van der Waals surface area contributed by atoms with Crippen molar-refractivity contribution in [2.75, 3.05) is 20.3 Å². The molecule has 8 heteroatoms. The van der Waals surface area contributed by atoms with Crippen LogP contribution in [0.3, 0.4) is 0 Å². The molecule has 2 aromatic heterocycles. The molecule has 3 heterocycles. The van der Waals surface area contributed by atoms with Crippen molar-refractivity contribution in [3.05, 3.63) is 69.7 Å². The molecule has 158 valence electrons. The average Bonchev–Trinajstić information content (AvgIpc) is 3.08. The maximum atomic E-state index is 13.1. The molecule has 0 radical (unpaired) electrons. The van der Waals surface area contributed by atoms with Gasteiger partial charge in [-0.05, 0) is 53.6 Å². The summed E-state index contributed by atoms with van der Waals surface area (Å²) in [6.45, 7) is 1.48. The third kappa shape index (κ3) is 3.86. The van der Waals surface area contributed by atoms with Gasteiger partial charge in [-0.25, -0.2) is 4.98 Å². The Bertz CT molecular complexity index is 1310. The van der Waals surface area contributed by atoms with Gasteiger partial charge >= 0.3 is 0 Å². The topological polar surface area (TPSA) is 62.6 Å². The van der Waals surface area contributed by atoms with Gasteiger partial charge in [-0.2, -0.15) is 0 Å². The molecule has 4 aromatic rings. The first-order chi connectivity index (χ1) is 15.1. The van der Waals surface area contributed by atoms with E-state index in [1.807, 2.05) is 42.5 Å². The van der Waals surface area contributed by atoms with Crippen LogP contribution in [0.15, 0.2) is 53.6 Å². The van der Waals surface area contributed by atoms with Crippen LogP contribution in [0, 0.1) is 0 Å². The second kappa shape index (κ2) is 8.24. The van der Waals surface area contributed by atoms with E-state index < -0.39 is 0 Å². The molecule has 2 aromatic carbocycles. The van der Waals surface area contributed by atoms with E-state index in [0.29, 0.717) is 46.5 Å². The number of aromatic nitrogens is 2. The predicted molar refractivity (Wildman–Crippen MR) is 122 cm³/mol. The van der Waals surface area contributed by atoms with Crippen LogP contribution in [0.25, 0.3) is 20.7 Å². The summed E-state index contributed by atoms with van der Waals surface area (Å²) in [6, 6.07) is 13.4. The Morgan fingerprint density at radius 1 is 1.16 bits per heavy atom. The van der Waals surface area contributed by atoms with Crippen LogP contribution in [0.4, 0.5) is 0 Å². The lowest BCUT2D eigenvalue weighted by Crippen LogP contribution is -2.20. The lowest BCUT2D eigenvalue weighted by atomic mass is 10.2. The van der Waals surface area contributed by atoms with Crippen LogP contribution < -0.4 is 19.8 Å². The molecule has 0 fully saturated rings. The first-order valence-electron chi connectivity index (χ1n) is 9.84. The molecule has 1 aliphatic heterocycles. The molecule has 1 aliphatic rings. The number of nitrogens with zero attached hydrogens (tertiary/aromatic N) is 2. The van der Waals surface area contributed by atoms with Gasteiger partial charge in [-0.15, -0.1) is 11.3 Å². The molecule has 6 nitrogen and oxygen atoms in total. The molecular weight excluding hydrogens is 436 g/mol. The van der Waals surface area contributed by atoms with E-state index in [0.717, 1.165) is 28.2 Å². The van der Waals surface area contributed by atoms with Gasteiger partial charge < -0.3 is 14.2 Å². The molecule has 5 rings (SSSR count). The second-order valence-electron chi connectivity index (χ2n) is 7.19. The Balaban J connectivity index is 1.48. The predicted octanol–water partition coefficient (Wildman–Crippen LogP) is 5.00. The van der Waals surface area contributed by atoms with E-state index in [1.165, 1.54) is 11.3 Å². The Labute approximate surface area is 187 Å². The second-order valence-corrected chi connectivity index (χ2v) is 8.65. The van der Waals surface area contributed by atoms with E-state index in [2.05, 4.69) is 4.98 Å². The van der Waals surface area contributed by atoms with Gasteiger partial charge in [0.15, 0.2) is 11.5 Å². The third-order valence-corrected chi connectivity index (χ3v) is 6.54. The minimum atomic E-state index is -0.0852. The molecule has 0 saturated heterocycles. The highest BCUT2D eigenvalue weighted by Crippen LogP contribution is 2.38. The summed E-state index contributed by atoms with van der Waals surface area (Å²) in [6.07, 6.45) is 2.38. The van der Waals surface area contributed by atoms with Crippen LogP contribution in [0.5, 0.6) is 17.2 Å². The van der Waals surface area contributed by atoms with Crippen molar-refractivity contribution in [1.29, 1.82) is 0 Å². The highest BCUT2D eigenvalue weighted by molar-refractivity contribution is 7.22. The summed E-state index contributed by atoms with van der Waals surface area (Å²) >= 11 is 7.84. The van der Waals surface area contributed by atoms with Gasteiger partial charge in [-0.1, -0.05) is 11.6 Å². The molecule has 0 atom stereocenters. The number of ether oxygens (including phenoxy) is 3. The zero-order valence-corrected chi connectivity index (χ0v) is 18.3. The van der Waals surface area contributed by atoms with Crippen molar-refractivity contribution in [2.24, 2.45) is 0 Å². The van der Waals surface area contributed by atoms with Crippen LogP contribution in [0.2, 0.25) is 5.02 Å². The number of rotatable bonds is 4. The molecule has 0 amide bonds. The van der Waals surface area contributed by atoms with Crippen molar-refractivity contribution in [3.63, 3.8) is 0 Å². The summed E-state index contributed by atoms with van der Waals surface area (Å²) in [5, 5.41) is 0.481. The average molecular weight is 455 g/mol. The Kier molecular flexibility index (Phi) is 5.29. The highest BCUT2D eigenvalue weighted by atomic mass is 35.5. The first kappa shape index (κ1) is 19.9. The van der Waals surface area contributed by atoms with Gasteiger partial charge in [0, 0.05) is 11.3 Å². The summed E-state index contributed by atoms with van der Waals surface area (Å²) < 4.78 is 18.9. The minimum absolute atomic E-state index is 0.0852. The lowest BCUT2D eigenvalue weighted by molar-refractivity contribution is 0.297. The van der Waals surface area contributed by atoms with E-state index >= 15 is 0 Å². The third-order valence-electron chi connectivity index (χ3n) is 5.09. The number of thiophene rings is 1. The van der Waals surface area contributed by atoms with Gasteiger partial charge in [0.2, 0.25) is 0 Å². The first-order valence-corrected chi connectivity index (χ1v) is 11.0. The minimum Gasteiger partial charge on any atom is -0.497 e. The molecule has 0 N–H and O–H groups in total. The zero-order chi connectivity index (χ0) is 21.4. The maximum Gasteiger partial charge on any atom is 0.271 e. The summed E-state index contributed by atoms with van der Waals surface area (Å²) in [7, 11) is 1.64. The Morgan fingerprint density at radius 2 is 1.97 bits per heavy atom. The molecule has 0 saturated carbocycles. The number of fused-ring (bicyclic) bond motifs is 2. The standard InChI is InChI=1S/C23H19ClN2O4S/c1-28-16-5-3-15(4-6-16)20-11-18-22(31-20)23(27)26(13-25-18)12-14-9-17(24)21-19(10-14)29-7-2-8-30-21/h3-6,9-11,13H,2,7-8,12H2,1H3. The monoisotopic (exact) mass is 454 g/mol. The van der Waals surface area contributed by atoms with E-state index in [-0.39, 0.29) is 5.56 Å². The summed E-state index contributed by atoms with van der Waals surface area (Å²) in [5.41, 5.74) is 2.47. The van der Waals surface area contributed by atoms with Gasteiger partial charge in [0.1, 0.15) is 10.4 Å². The lowest BCUT2D eigenvalue weighted by Gasteiger charge is -2.12. The van der Waals surface area contributed by atoms with Crippen LogP contribution >= 0.6 is 22.9 Å². The van der Waals surface area contributed by atoms with Crippen molar-refractivity contribution in [3.8, 4) is 27.7 Å². The summed E-state index contributed by atoms with van der Waals surface area (Å²) in [4.78, 5) is 18.6. The van der Waals surface area contributed by atoms with Crippen LogP contribution in [-0.4, -0.2) is 29.9 Å². The molecule has 31 heavy (non-hydrogen) atoms. The fraction of sp³-hybridized carbons (Fsp3) is 0.217. The van der Waals surface area contributed by atoms with Crippen molar-refractivity contribution in [2.45, 2.75) is 13.0 Å². The molecule has 0 bridgehead atoms. The van der Waals surface area contributed by atoms with E-state index in [4.69, 9.17) is 25.8 Å². The molecule has 0 unspecified atom stereocenters. The number of methoxy groups -OCH3 is 1. The zero-order valence-electron chi connectivity index (χ0n) is 16.8. The highest BCUT2D eigenvalue weighted by Gasteiger charge is 2.17. The normalized spacial score (nSPS) is 13.2. The van der Waals surface area contributed by atoms with Gasteiger partial charge in [0.05, 0.1) is 43.7 Å². The van der Waals surface area contributed by atoms with E-state index in [9.17, 15) is 4.79 Å². The Morgan fingerprint density at radius 3 is 2.77 bits per heavy atom. The number of benzene rings is 2. The SMILES string of the molecule is COc1ccc(-c2cc3ncn(Cc4cc(Cl)c5c(c4)OCCCO5)c(=O)c3s2)cc1. The van der Waals surface area contributed by atoms with Crippen LogP contribution in [-0.2, 0) is 6.54 Å². The number of hydrogen-bond acceptors (Lipinski definition) is 6. The number of hydrogen-bond donors (Lipinski definition) is 0. The quantitative estimate of drug-likeness (QED) is 0.434. The molecule has 0 aliphatic carbocycles. The maximum absolute atomic E-state index is 13.1. The fourth-order valence-corrected chi connectivity index (χ4v) is 4.88. The number of halogens is 1. The fourth-order valence-electron chi connectivity index (χ4n) is 3.53. The van der Waals surface area contributed by atoms with Gasteiger partial charge in [0.25, 0.3) is 5.56 Å². The Hall–Kier alpha value is -3.03. The van der Waals surface area contributed by atoms with Crippen LogP contribution in [0.1, 0.15) is 12.0 Å². The summed E-state index contributed by atoms with van der Waals surface area (Å²) in [5.74, 6) is 1.96. The molecular formula is C23H19ClN2O4S. The van der Waals surface area contributed by atoms with Gasteiger partial charge in [-0.3, -0.25) is 9.36 Å². The van der Waals surface area contributed by atoms with Crippen molar-refractivity contribution < 1.29 is 14.2 Å². The largest absolute Gasteiger partial charge is 0.497 e.